The molecule has 0 aliphatic heterocycles. The van der Waals surface area contributed by atoms with Crippen molar-refractivity contribution in [3.05, 3.63) is 66.0 Å². The van der Waals surface area contributed by atoms with E-state index >= 15 is 0 Å². The lowest BCUT2D eigenvalue weighted by Gasteiger charge is -2.29. The maximum absolute atomic E-state index is 13.7. The molecule has 1 atom stereocenters. The topological polar surface area (TPSA) is 58.6 Å². The summed E-state index contributed by atoms with van der Waals surface area (Å²) in [5, 5.41) is 2.81. The van der Waals surface area contributed by atoms with Crippen LogP contribution < -0.4 is 10.1 Å². The summed E-state index contributed by atoms with van der Waals surface area (Å²) in [7, 11) is 0. The van der Waals surface area contributed by atoms with Gasteiger partial charge in [-0.3, -0.25) is 9.59 Å². The van der Waals surface area contributed by atoms with Crippen molar-refractivity contribution >= 4 is 11.8 Å². The van der Waals surface area contributed by atoms with E-state index in [0.29, 0.717) is 0 Å². The van der Waals surface area contributed by atoms with Crippen LogP contribution in [0.15, 0.2) is 54.6 Å². The molecule has 0 spiro atoms. The number of rotatable bonds is 8. The molecule has 0 saturated carbocycles. The Kier molecular flexibility index (Phi) is 7.34. The summed E-state index contributed by atoms with van der Waals surface area (Å²) >= 11 is 0. The number of halogens is 1. The minimum absolute atomic E-state index is 0.00444. The van der Waals surface area contributed by atoms with Gasteiger partial charge >= 0.3 is 0 Å². The second kappa shape index (κ2) is 9.71. The van der Waals surface area contributed by atoms with E-state index in [0.717, 1.165) is 5.56 Å². The lowest BCUT2D eigenvalue weighted by molar-refractivity contribution is -0.142. The van der Waals surface area contributed by atoms with Crippen molar-refractivity contribution in [3.8, 4) is 5.75 Å². The minimum atomic E-state index is -0.690. The van der Waals surface area contributed by atoms with E-state index in [2.05, 4.69) is 5.32 Å². The predicted octanol–water partition coefficient (Wildman–Crippen LogP) is 3.15. The molecule has 0 saturated heterocycles. The number of carbonyl (C=O) groups is 2. The Labute approximate surface area is 159 Å². The summed E-state index contributed by atoms with van der Waals surface area (Å²) in [5.74, 6) is -1.18. The van der Waals surface area contributed by atoms with Gasteiger partial charge in [-0.1, -0.05) is 42.5 Å². The summed E-state index contributed by atoms with van der Waals surface area (Å²) in [5.41, 5.74) is 0.890. The molecule has 144 valence electrons. The number of para-hydroxylation sites is 1. The van der Waals surface area contributed by atoms with Crippen LogP contribution in [0.4, 0.5) is 4.39 Å². The van der Waals surface area contributed by atoms with Gasteiger partial charge in [0, 0.05) is 12.6 Å². The normalized spacial score (nSPS) is 11.7. The zero-order chi connectivity index (χ0) is 19.8. The molecule has 0 bridgehead atoms. The van der Waals surface area contributed by atoms with E-state index in [1.165, 1.54) is 17.0 Å². The van der Waals surface area contributed by atoms with Crippen molar-refractivity contribution in [2.24, 2.45) is 0 Å². The summed E-state index contributed by atoms with van der Waals surface area (Å²) in [4.78, 5) is 26.6. The first kappa shape index (κ1) is 20.4. The monoisotopic (exact) mass is 372 g/mol. The maximum atomic E-state index is 13.7. The van der Waals surface area contributed by atoms with Gasteiger partial charge in [0.1, 0.15) is 6.04 Å². The van der Waals surface area contributed by atoms with Crippen LogP contribution in [0.1, 0.15) is 26.3 Å². The second-order valence-corrected chi connectivity index (χ2v) is 6.57. The molecule has 5 nitrogen and oxygen atoms in total. The molecule has 2 aromatic carbocycles. The van der Waals surface area contributed by atoms with Crippen LogP contribution in [0.3, 0.4) is 0 Å². The van der Waals surface area contributed by atoms with Crippen LogP contribution in [0.2, 0.25) is 0 Å². The summed E-state index contributed by atoms with van der Waals surface area (Å²) < 4.78 is 19.0. The van der Waals surface area contributed by atoms with Crippen LogP contribution in [-0.2, 0) is 16.1 Å². The van der Waals surface area contributed by atoms with Gasteiger partial charge in [-0.05, 0) is 38.5 Å². The molecule has 0 radical (unpaired) electrons. The Morgan fingerprint density at radius 2 is 1.67 bits per heavy atom. The molecule has 1 N–H and O–H groups in total. The van der Waals surface area contributed by atoms with Gasteiger partial charge in [0.25, 0.3) is 5.91 Å². The molecule has 2 rings (SSSR count). The van der Waals surface area contributed by atoms with Crippen molar-refractivity contribution in [3.63, 3.8) is 0 Å². The number of ether oxygens (including phenoxy) is 1. The number of hydrogen-bond acceptors (Lipinski definition) is 3. The fourth-order valence-electron chi connectivity index (χ4n) is 2.55. The van der Waals surface area contributed by atoms with Gasteiger partial charge < -0.3 is 15.0 Å². The van der Waals surface area contributed by atoms with Crippen LogP contribution in [-0.4, -0.2) is 35.4 Å². The van der Waals surface area contributed by atoms with Crippen LogP contribution >= 0.6 is 0 Å². The van der Waals surface area contributed by atoms with E-state index in [1.54, 1.807) is 19.1 Å². The molecule has 0 aliphatic carbocycles. The summed E-state index contributed by atoms with van der Waals surface area (Å²) in [6.07, 6.45) is 0. The van der Waals surface area contributed by atoms with Crippen molar-refractivity contribution < 1.29 is 18.7 Å². The smallest absolute Gasteiger partial charge is 0.261 e. The number of hydrogen-bond donors (Lipinski definition) is 1. The Bertz CT molecular complexity index is 765. The first-order chi connectivity index (χ1) is 12.9. The first-order valence-corrected chi connectivity index (χ1v) is 8.89. The second-order valence-electron chi connectivity index (χ2n) is 6.57. The summed E-state index contributed by atoms with van der Waals surface area (Å²) in [6.45, 7) is 5.28. The van der Waals surface area contributed by atoms with Crippen molar-refractivity contribution in [2.75, 3.05) is 6.61 Å². The SMILES string of the molecule is CC(C)NC(=O)[C@@H](C)N(Cc1ccccc1)C(=O)COc1ccccc1F. The highest BCUT2D eigenvalue weighted by Crippen LogP contribution is 2.16. The third kappa shape index (κ3) is 6.09. The van der Waals surface area contributed by atoms with Gasteiger partial charge in [0.2, 0.25) is 5.91 Å². The Balaban J connectivity index is 2.13. The lowest BCUT2D eigenvalue weighted by atomic mass is 10.1. The molecule has 0 fully saturated rings. The molecule has 0 aliphatic rings. The molecule has 0 unspecified atom stereocenters. The minimum Gasteiger partial charge on any atom is -0.481 e. The fourth-order valence-corrected chi connectivity index (χ4v) is 2.55. The molecule has 2 amide bonds. The molecule has 0 heterocycles. The standard InChI is InChI=1S/C21H25FN2O3/c1-15(2)23-21(26)16(3)24(13-17-9-5-4-6-10-17)20(25)14-27-19-12-8-7-11-18(19)22/h4-12,15-16H,13-14H2,1-3H3,(H,23,26)/t16-/m1/s1. The van der Waals surface area contributed by atoms with Crippen LogP contribution in [0, 0.1) is 5.82 Å². The quantitative estimate of drug-likeness (QED) is 0.774. The zero-order valence-electron chi connectivity index (χ0n) is 15.8. The Morgan fingerprint density at radius 3 is 2.30 bits per heavy atom. The van der Waals surface area contributed by atoms with Gasteiger partial charge in [-0.2, -0.15) is 0 Å². The Morgan fingerprint density at radius 1 is 1.04 bits per heavy atom. The van der Waals surface area contributed by atoms with Gasteiger partial charge in [0.05, 0.1) is 0 Å². The molecule has 6 heteroatoms. The first-order valence-electron chi connectivity index (χ1n) is 8.89. The van der Waals surface area contributed by atoms with Crippen LogP contribution in [0.25, 0.3) is 0 Å². The lowest BCUT2D eigenvalue weighted by Crippen LogP contribution is -2.50. The van der Waals surface area contributed by atoms with Crippen molar-refractivity contribution in [1.82, 2.24) is 10.2 Å². The number of nitrogens with zero attached hydrogens (tertiary/aromatic N) is 1. The third-order valence-electron chi connectivity index (χ3n) is 3.98. The number of amides is 2. The van der Waals surface area contributed by atoms with Gasteiger partial charge in [0.15, 0.2) is 18.2 Å². The van der Waals surface area contributed by atoms with Gasteiger partial charge in [-0.15, -0.1) is 0 Å². The van der Waals surface area contributed by atoms with Crippen LogP contribution in [0.5, 0.6) is 5.75 Å². The highest BCUT2D eigenvalue weighted by atomic mass is 19.1. The molecule has 27 heavy (non-hydrogen) atoms. The summed E-state index contributed by atoms with van der Waals surface area (Å²) in [6, 6.07) is 14.5. The molecular weight excluding hydrogens is 347 g/mol. The fraction of sp³-hybridized carbons (Fsp3) is 0.333. The van der Waals surface area contributed by atoms with E-state index in [9.17, 15) is 14.0 Å². The molecule has 0 aromatic heterocycles. The van der Waals surface area contributed by atoms with Crippen molar-refractivity contribution in [1.29, 1.82) is 0 Å². The number of carbonyl (C=O) groups excluding carboxylic acids is 2. The molecular formula is C21H25FN2O3. The van der Waals surface area contributed by atoms with E-state index < -0.39 is 17.8 Å². The Hall–Kier alpha value is -2.89. The van der Waals surface area contributed by atoms with E-state index in [4.69, 9.17) is 4.74 Å². The van der Waals surface area contributed by atoms with Crippen molar-refractivity contribution in [2.45, 2.75) is 39.4 Å². The molecule has 2 aromatic rings. The maximum Gasteiger partial charge on any atom is 0.261 e. The van der Waals surface area contributed by atoms with Gasteiger partial charge in [-0.25, -0.2) is 4.39 Å². The average molecular weight is 372 g/mol. The zero-order valence-corrected chi connectivity index (χ0v) is 15.8. The van der Waals surface area contributed by atoms with E-state index in [1.807, 2.05) is 44.2 Å². The third-order valence-corrected chi connectivity index (χ3v) is 3.98. The van der Waals surface area contributed by atoms with E-state index in [-0.39, 0.29) is 30.9 Å². The number of nitrogens with one attached hydrogen (secondary N) is 1. The average Bonchev–Trinajstić information content (AvgIpc) is 2.65. The predicted molar refractivity (Wildman–Crippen MR) is 102 cm³/mol. The number of benzene rings is 2. The highest BCUT2D eigenvalue weighted by Gasteiger charge is 2.27. The largest absolute Gasteiger partial charge is 0.481 e. The highest BCUT2D eigenvalue weighted by molar-refractivity contribution is 5.88.